The number of rotatable bonds is 5. The SMILES string of the molecule is N#C[C@@H](c1ccc(OCc2ccccc2)cc1)N1CCOCC1. The van der Waals surface area contributed by atoms with Gasteiger partial charge in [0, 0.05) is 13.1 Å². The second-order valence-electron chi connectivity index (χ2n) is 5.52. The van der Waals surface area contributed by atoms with E-state index in [2.05, 4.69) is 11.0 Å². The fraction of sp³-hybridized carbons (Fsp3) is 0.316. The minimum absolute atomic E-state index is 0.220. The van der Waals surface area contributed by atoms with Crippen LogP contribution in [0.2, 0.25) is 0 Å². The zero-order chi connectivity index (χ0) is 15.9. The van der Waals surface area contributed by atoms with Crippen LogP contribution < -0.4 is 4.74 Å². The van der Waals surface area contributed by atoms with Gasteiger partial charge in [-0.25, -0.2) is 0 Å². The van der Waals surface area contributed by atoms with E-state index in [1.54, 1.807) is 0 Å². The Bertz CT molecular complexity index is 643. The van der Waals surface area contributed by atoms with Gasteiger partial charge in [0.25, 0.3) is 0 Å². The Kier molecular flexibility index (Phi) is 5.25. The Morgan fingerprint density at radius 1 is 1.04 bits per heavy atom. The van der Waals surface area contributed by atoms with Crippen LogP contribution in [0.25, 0.3) is 0 Å². The van der Waals surface area contributed by atoms with Crippen LogP contribution in [0.4, 0.5) is 0 Å². The maximum atomic E-state index is 9.49. The minimum Gasteiger partial charge on any atom is -0.489 e. The van der Waals surface area contributed by atoms with Gasteiger partial charge < -0.3 is 9.47 Å². The van der Waals surface area contributed by atoms with Crippen molar-refractivity contribution in [3.8, 4) is 11.8 Å². The van der Waals surface area contributed by atoms with Gasteiger partial charge in [-0.1, -0.05) is 42.5 Å². The average molecular weight is 308 g/mol. The summed E-state index contributed by atoms with van der Waals surface area (Å²) < 4.78 is 11.1. The minimum atomic E-state index is -0.220. The summed E-state index contributed by atoms with van der Waals surface area (Å²) in [5.74, 6) is 0.816. The number of ether oxygens (including phenoxy) is 2. The van der Waals surface area contributed by atoms with E-state index < -0.39 is 0 Å². The number of hydrogen-bond donors (Lipinski definition) is 0. The maximum Gasteiger partial charge on any atom is 0.124 e. The van der Waals surface area contributed by atoms with Gasteiger partial charge in [0.2, 0.25) is 0 Å². The second kappa shape index (κ2) is 7.77. The summed E-state index contributed by atoms with van der Waals surface area (Å²) in [6, 6.07) is 20.1. The summed E-state index contributed by atoms with van der Waals surface area (Å²) in [5.41, 5.74) is 2.14. The van der Waals surface area contributed by atoms with Crippen molar-refractivity contribution in [1.29, 1.82) is 5.26 Å². The number of nitriles is 1. The molecule has 1 heterocycles. The molecule has 0 aliphatic carbocycles. The molecule has 1 fully saturated rings. The van der Waals surface area contributed by atoms with Crippen molar-refractivity contribution < 1.29 is 9.47 Å². The Hall–Kier alpha value is -2.35. The monoisotopic (exact) mass is 308 g/mol. The number of morpholine rings is 1. The van der Waals surface area contributed by atoms with E-state index >= 15 is 0 Å². The third-order valence-electron chi connectivity index (χ3n) is 3.98. The van der Waals surface area contributed by atoms with E-state index in [1.807, 2.05) is 54.6 Å². The van der Waals surface area contributed by atoms with E-state index in [4.69, 9.17) is 9.47 Å². The van der Waals surface area contributed by atoms with Gasteiger partial charge in [-0.2, -0.15) is 5.26 Å². The molecule has 0 spiro atoms. The van der Waals surface area contributed by atoms with Crippen molar-refractivity contribution >= 4 is 0 Å². The Balaban J connectivity index is 1.62. The third-order valence-corrected chi connectivity index (χ3v) is 3.98. The molecule has 1 atom stereocenters. The smallest absolute Gasteiger partial charge is 0.124 e. The second-order valence-corrected chi connectivity index (χ2v) is 5.52. The molecule has 1 aliphatic rings. The molecule has 0 N–H and O–H groups in total. The van der Waals surface area contributed by atoms with Crippen molar-refractivity contribution in [2.75, 3.05) is 26.3 Å². The zero-order valence-corrected chi connectivity index (χ0v) is 13.0. The lowest BCUT2D eigenvalue weighted by Crippen LogP contribution is -2.38. The number of hydrogen-bond acceptors (Lipinski definition) is 4. The summed E-state index contributed by atoms with van der Waals surface area (Å²) in [5, 5.41) is 9.49. The molecule has 0 unspecified atom stereocenters. The fourth-order valence-corrected chi connectivity index (χ4v) is 2.69. The fourth-order valence-electron chi connectivity index (χ4n) is 2.69. The van der Waals surface area contributed by atoms with Gasteiger partial charge in [-0.3, -0.25) is 4.90 Å². The van der Waals surface area contributed by atoms with Crippen molar-refractivity contribution in [2.45, 2.75) is 12.6 Å². The maximum absolute atomic E-state index is 9.49. The number of benzene rings is 2. The van der Waals surface area contributed by atoms with E-state index in [0.29, 0.717) is 19.8 Å². The molecule has 1 saturated heterocycles. The van der Waals surface area contributed by atoms with Crippen LogP contribution in [-0.2, 0) is 11.3 Å². The zero-order valence-electron chi connectivity index (χ0n) is 13.0. The van der Waals surface area contributed by atoms with E-state index in [1.165, 1.54) is 0 Å². The van der Waals surface area contributed by atoms with Crippen molar-refractivity contribution in [3.63, 3.8) is 0 Å². The highest BCUT2D eigenvalue weighted by atomic mass is 16.5. The molecular weight excluding hydrogens is 288 g/mol. The molecule has 0 aromatic heterocycles. The van der Waals surface area contributed by atoms with Crippen LogP contribution >= 0.6 is 0 Å². The summed E-state index contributed by atoms with van der Waals surface area (Å²) >= 11 is 0. The predicted octanol–water partition coefficient (Wildman–Crippen LogP) is 3.16. The highest BCUT2D eigenvalue weighted by molar-refractivity contribution is 5.32. The summed E-state index contributed by atoms with van der Waals surface area (Å²) in [6.45, 7) is 3.52. The van der Waals surface area contributed by atoms with Crippen molar-refractivity contribution in [3.05, 3.63) is 65.7 Å². The quantitative estimate of drug-likeness (QED) is 0.851. The molecule has 1 aliphatic heterocycles. The van der Waals surface area contributed by atoms with Gasteiger partial charge in [-0.15, -0.1) is 0 Å². The lowest BCUT2D eigenvalue weighted by atomic mass is 10.1. The van der Waals surface area contributed by atoms with Crippen LogP contribution in [0.3, 0.4) is 0 Å². The lowest BCUT2D eigenvalue weighted by molar-refractivity contribution is 0.0266. The van der Waals surface area contributed by atoms with E-state index in [0.717, 1.165) is 30.0 Å². The Morgan fingerprint density at radius 2 is 1.74 bits per heavy atom. The third kappa shape index (κ3) is 4.10. The molecule has 0 radical (unpaired) electrons. The molecule has 0 saturated carbocycles. The summed E-state index contributed by atoms with van der Waals surface area (Å²) in [4.78, 5) is 2.16. The average Bonchev–Trinajstić information content (AvgIpc) is 2.63. The summed E-state index contributed by atoms with van der Waals surface area (Å²) in [7, 11) is 0. The first-order valence-corrected chi connectivity index (χ1v) is 7.85. The van der Waals surface area contributed by atoms with Crippen molar-refractivity contribution in [2.24, 2.45) is 0 Å². The van der Waals surface area contributed by atoms with Crippen LogP contribution in [0.1, 0.15) is 17.2 Å². The number of nitrogens with zero attached hydrogens (tertiary/aromatic N) is 2. The van der Waals surface area contributed by atoms with Crippen LogP contribution in [0.5, 0.6) is 5.75 Å². The molecular formula is C19H20N2O2. The molecule has 23 heavy (non-hydrogen) atoms. The molecule has 118 valence electrons. The standard InChI is InChI=1S/C19H20N2O2/c20-14-19(21-10-12-22-13-11-21)17-6-8-18(9-7-17)23-15-16-4-2-1-3-5-16/h1-9,19H,10-13,15H2/t19-/m0/s1. The van der Waals surface area contributed by atoms with Gasteiger partial charge in [0.05, 0.1) is 19.3 Å². The van der Waals surface area contributed by atoms with Crippen LogP contribution in [0.15, 0.2) is 54.6 Å². The molecule has 0 bridgehead atoms. The highest BCUT2D eigenvalue weighted by Crippen LogP contribution is 2.23. The largest absolute Gasteiger partial charge is 0.489 e. The topological polar surface area (TPSA) is 45.5 Å². The molecule has 3 rings (SSSR count). The first kappa shape index (κ1) is 15.5. The van der Waals surface area contributed by atoms with Gasteiger partial charge in [-0.05, 0) is 23.3 Å². The van der Waals surface area contributed by atoms with Crippen LogP contribution in [0, 0.1) is 11.3 Å². The molecule has 2 aromatic carbocycles. The Morgan fingerprint density at radius 3 is 2.39 bits per heavy atom. The highest BCUT2D eigenvalue weighted by Gasteiger charge is 2.22. The van der Waals surface area contributed by atoms with Gasteiger partial charge >= 0.3 is 0 Å². The van der Waals surface area contributed by atoms with E-state index in [9.17, 15) is 5.26 Å². The summed E-state index contributed by atoms with van der Waals surface area (Å²) in [6.07, 6.45) is 0. The molecule has 4 nitrogen and oxygen atoms in total. The Labute approximate surface area is 136 Å². The molecule has 4 heteroatoms. The molecule has 2 aromatic rings. The first-order valence-electron chi connectivity index (χ1n) is 7.85. The van der Waals surface area contributed by atoms with Gasteiger partial charge in [0.15, 0.2) is 0 Å². The lowest BCUT2D eigenvalue weighted by Gasteiger charge is -2.30. The van der Waals surface area contributed by atoms with E-state index in [-0.39, 0.29) is 6.04 Å². The van der Waals surface area contributed by atoms with Gasteiger partial charge in [0.1, 0.15) is 18.4 Å². The van der Waals surface area contributed by atoms with Crippen LogP contribution in [-0.4, -0.2) is 31.2 Å². The van der Waals surface area contributed by atoms with Crippen molar-refractivity contribution in [1.82, 2.24) is 4.90 Å². The normalized spacial score (nSPS) is 16.5. The first-order chi connectivity index (χ1) is 11.4. The predicted molar refractivity (Wildman–Crippen MR) is 88.0 cm³/mol. The molecule has 0 amide bonds.